The van der Waals surface area contributed by atoms with E-state index >= 15 is 0 Å². The van der Waals surface area contributed by atoms with Crippen LogP contribution < -0.4 is 5.32 Å². The molecule has 102 valence electrons. The summed E-state index contributed by atoms with van der Waals surface area (Å²) in [6, 6.07) is 1.93. The molecule has 1 N–H and O–H groups in total. The van der Waals surface area contributed by atoms with Gasteiger partial charge in [-0.1, -0.05) is 13.8 Å². The summed E-state index contributed by atoms with van der Waals surface area (Å²) in [6.45, 7) is 4.18. The van der Waals surface area contributed by atoms with E-state index in [4.69, 9.17) is 0 Å². The number of carbonyl (C=O) groups excluding carboxylic acids is 1. The zero-order chi connectivity index (χ0) is 13.8. The Morgan fingerprint density at radius 1 is 1.53 bits per heavy atom. The molecule has 2 aromatic heterocycles. The van der Waals surface area contributed by atoms with Crippen molar-refractivity contribution >= 4 is 17.2 Å². The van der Waals surface area contributed by atoms with Gasteiger partial charge in [-0.2, -0.15) is 11.3 Å². The number of nitrogens with one attached hydrogen (secondary N) is 1. The van der Waals surface area contributed by atoms with Crippen molar-refractivity contribution in [2.45, 2.75) is 26.3 Å². The van der Waals surface area contributed by atoms with E-state index < -0.39 is 0 Å². The molecular weight excluding hydrogens is 258 g/mol. The third-order valence-electron chi connectivity index (χ3n) is 3.06. The number of rotatable bonds is 5. The van der Waals surface area contributed by atoms with E-state index in [1.165, 1.54) is 0 Å². The normalized spacial score (nSPS) is 12.6. The topological polar surface area (TPSA) is 46.9 Å². The van der Waals surface area contributed by atoms with E-state index in [9.17, 15) is 4.79 Å². The Hall–Kier alpha value is -1.62. The smallest absolute Gasteiger partial charge is 0.225 e. The van der Waals surface area contributed by atoms with E-state index in [1.54, 1.807) is 17.5 Å². The van der Waals surface area contributed by atoms with E-state index in [-0.39, 0.29) is 11.9 Å². The highest BCUT2D eigenvalue weighted by molar-refractivity contribution is 7.07. The van der Waals surface area contributed by atoms with Crippen molar-refractivity contribution in [3.05, 3.63) is 40.6 Å². The Bertz CT molecular complexity index is 531. The summed E-state index contributed by atoms with van der Waals surface area (Å²) in [6.07, 6.45) is 4.09. The Balaban J connectivity index is 2.05. The number of aryl methyl sites for hydroxylation is 1. The van der Waals surface area contributed by atoms with Crippen molar-refractivity contribution in [3.63, 3.8) is 0 Å². The summed E-state index contributed by atoms with van der Waals surface area (Å²) >= 11 is 1.61. The first-order chi connectivity index (χ1) is 9.08. The number of hydrogen-bond acceptors (Lipinski definition) is 3. The Morgan fingerprint density at radius 3 is 2.84 bits per heavy atom. The summed E-state index contributed by atoms with van der Waals surface area (Å²) in [5.41, 5.74) is 1.06. The molecule has 1 amide bonds. The van der Waals surface area contributed by atoms with Crippen LogP contribution in [0.25, 0.3) is 0 Å². The molecule has 0 unspecified atom stereocenters. The van der Waals surface area contributed by atoms with Gasteiger partial charge in [0.1, 0.15) is 5.82 Å². The van der Waals surface area contributed by atoms with Crippen molar-refractivity contribution in [1.29, 1.82) is 0 Å². The number of carbonyl (C=O) groups is 1. The van der Waals surface area contributed by atoms with E-state index in [2.05, 4.69) is 24.1 Å². The van der Waals surface area contributed by atoms with E-state index in [1.807, 2.05) is 34.6 Å². The molecule has 0 aliphatic rings. The Labute approximate surface area is 117 Å². The zero-order valence-corrected chi connectivity index (χ0v) is 12.3. The maximum Gasteiger partial charge on any atom is 0.225 e. The summed E-state index contributed by atoms with van der Waals surface area (Å²) in [5.74, 6) is 1.24. The molecule has 0 aliphatic carbocycles. The van der Waals surface area contributed by atoms with Crippen LogP contribution in [0.1, 0.15) is 31.3 Å². The third-order valence-corrected chi connectivity index (χ3v) is 3.80. The maximum atomic E-state index is 12.1. The van der Waals surface area contributed by atoms with Gasteiger partial charge in [-0.15, -0.1) is 0 Å². The van der Waals surface area contributed by atoms with Crippen LogP contribution in [0.3, 0.4) is 0 Å². The lowest BCUT2D eigenvalue weighted by Crippen LogP contribution is -2.34. The fraction of sp³-hybridized carbons (Fsp3) is 0.429. The predicted molar refractivity (Wildman–Crippen MR) is 77.0 cm³/mol. The molecule has 1 atom stereocenters. The minimum Gasteiger partial charge on any atom is -0.346 e. The minimum absolute atomic E-state index is 0.0418. The van der Waals surface area contributed by atoms with Crippen LogP contribution in [0.5, 0.6) is 0 Å². The van der Waals surface area contributed by atoms with Crippen LogP contribution >= 0.6 is 11.3 Å². The summed E-state index contributed by atoms with van der Waals surface area (Å²) in [7, 11) is 1.95. The number of imidazole rings is 1. The molecule has 5 heteroatoms. The highest BCUT2D eigenvalue weighted by atomic mass is 32.1. The summed E-state index contributed by atoms with van der Waals surface area (Å²) in [4.78, 5) is 16.4. The molecule has 2 aromatic rings. The monoisotopic (exact) mass is 277 g/mol. The number of aromatic nitrogens is 2. The highest BCUT2D eigenvalue weighted by Crippen LogP contribution is 2.19. The van der Waals surface area contributed by atoms with Crippen LogP contribution in [0, 0.1) is 5.92 Å². The number of hydrogen-bond donors (Lipinski definition) is 1. The molecule has 0 aliphatic heterocycles. The van der Waals surface area contributed by atoms with Crippen molar-refractivity contribution in [2.24, 2.45) is 13.0 Å². The number of amides is 1. The zero-order valence-electron chi connectivity index (χ0n) is 11.5. The van der Waals surface area contributed by atoms with Crippen LogP contribution in [0.15, 0.2) is 29.2 Å². The molecule has 2 rings (SSSR count). The van der Waals surface area contributed by atoms with Crippen LogP contribution in [0.2, 0.25) is 0 Å². The van der Waals surface area contributed by atoms with E-state index in [0.717, 1.165) is 11.4 Å². The fourth-order valence-electron chi connectivity index (χ4n) is 2.01. The molecule has 0 saturated carbocycles. The van der Waals surface area contributed by atoms with Gasteiger partial charge in [0.2, 0.25) is 5.91 Å². The van der Waals surface area contributed by atoms with Gasteiger partial charge in [0, 0.05) is 19.4 Å². The summed E-state index contributed by atoms with van der Waals surface area (Å²) in [5, 5.41) is 7.07. The largest absolute Gasteiger partial charge is 0.346 e. The molecule has 0 saturated heterocycles. The van der Waals surface area contributed by atoms with Crippen LogP contribution in [-0.4, -0.2) is 15.5 Å². The second-order valence-electron chi connectivity index (χ2n) is 4.99. The molecule has 0 aromatic carbocycles. The Morgan fingerprint density at radius 2 is 2.32 bits per heavy atom. The first-order valence-corrected chi connectivity index (χ1v) is 7.30. The lowest BCUT2D eigenvalue weighted by molar-refractivity contribution is -0.121. The second kappa shape index (κ2) is 6.02. The third kappa shape index (κ3) is 3.44. The van der Waals surface area contributed by atoms with E-state index in [0.29, 0.717) is 12.3 Å². The minimum atomic E-state index is -0.0499. The molecular formula is C14H19N3OS. The molecule has 2 heterocycles. The van der Waals surface area contributed by atoms with Crippen molar-refractivity contribution < 1.29 is 4.79 Å². The molecule has 4 nitrogen and oxygen atoms in total. The van der Waals surface area contributed by atoms with Gasteiger partial charge in [0.25, 0.3) is 0 Å². The van der Waals surface area contributed by atoms with Crippen molar-refractivity contribution in [2.75, 3.05) is 0 Å². The van der Waals surface area contributed by atoms with Gasteiger partial charge < -0.3 is 9.88 Å². The van der Waals surface area contributed by atoms with Gasteiger partial charge in [0.15, 0.2) is 0 Å². The summed E-state index contributed by atoms with van der Waals surface area (Å²) < 4.78 is 1.95. The first-order valence-electron chi connectivity index (χ1n) is 6.35. The van der Waals surface area contributed by atoms with Gasteiger partial charge in [0.05, 0.1) is 12.5 Å². The molecule has 0 fully saturated rings. The lowest BCUT2D eigenvalue weighted by Gasteiger charge is -2.22. The van der Waals surface area contributed by atoms with Crippen molar-refractivity contribution in [3.8, 4) is 0 Å². The SMILES string of the molecule is CC(C)[C@@H](NC(=O)Cc1ccsc1)c1nccn1C. The van der Waals surface area contributed by atoms with Gasteiger partial charge >= 0.3 is 0 Å². The number of thiophene rings is 1. The maximum absolute atomic E-state index is 12.1. The quantitative estimate of drug-likeness (QED) is 0.913. The Kier molecular flexibility index (Phi) is 4.37. The van der Waals surface area contributed by atoms with Gasteiger partial charge in [-0.05, 0) is 28.3 Å². The second-order valence-corrected chi connectivity index (χ2v) is 5.77. The molecule has 0 bridgehead atoms. The predicted octanol–water partition coefficient (Wildman–Crippen LogP) is 2.54. The standard InChI is InChI=1S/C14H19N3OS/c1-10(2)13(14-15-5-6-17(14)3)16-12(18)8-11-4-7-19-9-11/h4-7,9-10,13H,8H2,1-3H3,(H,16,18)/t13-/m1/s1. The van der Waals surface area contributed by atoms with Crippen molar-refractivity contribution in [1.82, 2.24) is 14.9 Å². The molecule has 0 spiro atoms. The average molecular weight is 277 g/mol. The molecule has 19 heavy (non-hydrogen) atoms. The van der Waals surface area contributed by atoms with Crippen LogP contribution in [0.4, 0.5) is 0 Å². The highest BCUT2D eigenvalue weighted by Gasteiger charge is 2.21. The first kappa shape index (κ1) is 13.8. The van der Waals surface area contributed by atoms with Gasteiger partial charge in [-0.3, -0.25) is 4.79 Å². The fourth-order valence-corrected chi connectivity index (χ4v) is 2.68. The lowest BCUT2D eigenvalue weighted by atomic mass is 10.0. The van der Waals surface area contributed by atoms with Gasteiger partial charge in [-0.25, -0.2) is 4.98 Å². The number of nitrogens with zero attached hydrogens (tertiary/aromatic N) is 2. The van der Waals surface area contributed by atoms with Crippen LogP contribution in [-0.2, 0) is 18.3 Å². The average Bonchev–Trinajstić information content (AvgIpc) is 2.97. The molecule has 0 radical (unpaired) electrons.